The standard InChI is InChI=1S/C18H28N2O3/c1-5-6-7-8-15(21)17(20-19)18(22)23-16-11-13(4)9-10-14(16)12(2)3/h5,12-14,16H,1,6-11H2,2-4H3/p+1/t13-,14+,16+/m1/s1. The molecular weight excluding hydrogens is 292 g/mol. The minimum Gasteiger partial charge on any atom is -0.505 e. The molecule has 1 aliphatic rings. The van der Waals surface area contributed by atoms with E-state index >= 15 is 0 Å². The van der Waals surface area contributed by atoms with Crippen molar-refractivity contribution < 1.29 is 14.6 Å². The van der Waals surface area contributed by atoms with E-state index in [1.54, 1.807) is 6.08 Å². The van der Waals surface area contributed by atoms with Gasteiger partial charge in [-0.15, -0.1) is 6.58 Å². The van der Waals surface area contributed by atoms with Crippen molar-refractivity contribution in [1.29, 1.82) is 5.39 Å². The van der Waals surface area contributed by atoms with Crippen LogP contribution in [0.1, 0.15) is 59.3 Å². The Labute approximate surface area is 139 Å². The van der Waals surface area contributed by atoms with Crippen LogP contribution in [0.2, 0.25) is 0 Å². The highest BCUT2D eigenvalue weighted by Gasteiger charge is 2.38. The number of unbranched alkanes of at least 4 members (excludes halogenated alkanes) is 1. The zero-order valence-corrected chi connectivity index (χ0v) is 14.5. The molecule has 0 bridgehead atoms. The number of nitrogens with zero attached hydrogens (tertiary/aromatic N) is 2. The van der Waals surface area contributed by atoms with Gasteiger partial charge < -0.3 is 9.84 Å². The summed E-state index contributed by atoms with van der Waals surface area (Å²) in [6, 6.07) is 0. The molecule has 0 aromatic rings. The third-order valence-corrected chi connectivity index (χ3v) is 4.61. The Hall–Kier alpha value is -1.83. The molecule has 0 radical (unpaired) electrons. The lowest BCUT2D eigenvalue weighted by Crippen LogP contribution is -2.36. The van der Waals surface area contributed by atoms with Gasteiger partial charge in [0.15, 0.2) is 10.7 Å². The summed E-state index contributed by atoms with van der Waals surface area (Å²) < 4.78 is 5.59. The molecule has 1 fully saturated rings. The normalized spacial score (nSPS) is 25.4. The predicted molar refractivity (Wildman–Crippen MR) is 90.0 cm³/mol. The van der Waals surface area contributed by atoms with Gasteiger partial charge in [-0.1, -0.05) is 33.3 Å². The van der Waals surface area contributed by atoms with Gasteiger partial charge in [0, 0.05) is 6.42 Å². The second-order valence-electron chi connectivity index (χ2n) is 6.85. The van der Waals surface area contributed by atoms with Crippen LogP contribution in [-0.2, 0) is 9.53 Å². The van der Waals surface area contributed by atoms with Gasteiger partial charge in [-0.3, -0.25) is 0 Å². The lowest BCUT2D eigenvalue weighted by atomic mass is 9.75. The fraction of sp³-hybridized carbons (Fsp3) is 0.722. The number of hydrogen-bond acceptors (Lipinski definition) is 4. The van der Waals surface area contributed by atoms with Crippen LogP contribution in [0.4, 0.5) is 0 Å². The van der Waals surface area contributed by atoms with E-state index < -0.39 is 5.97 Å². The van der Waals surface area contributed by atoms with E-state index in [4.69, 9.17) is 10.1 Å². The molecule has 0 saturated heterocycles. The van der Waals surface area contributed by atoms with Crippen molar-refractivity contribution in [2.45, 2.75) is 65.4 Å². The van der Waals surface area contributed by atoms with Crippen molar-refractivity contribution in [3.05, 3.63) is 29.1 Å². The molecule has 0 heterocycles. The first-order valence-electron chi connectivity index (χ1n) is 8.49. The average molecular weight is 321 g/mol. The molecule has 0 aromatic carbocycles. The highest BCUT2D eigenvalue weighted by Crippen LogP contribution is 2.35. The van der Waals surface area contributed by atoms with E-state index in [0.717, 1.165) is 19.3 Å². The molecule has 1 saturated carbocycles. The van der Waals surface area contributed by atoms with Gasteiger partial charge in [0.1, 0.15) is 6.10 Å². The number of hydrogen-bond donors (Lipinski definition) is 1. The van der Waals surface area contributed by atoms with Gasteiger partial charge in [0.2, 0.25) is 5.39 Å². The summed E-state index contributed by atoms with van der Waals surface area (Å²) in [5.41, 5.74) is -0.380. The highest BCUT2D eigenvalue weighted by atomic mass is 16.5. The Morgan fingerprint density at radius 1 is 1.48 bits per heavy atom. The van der Waals surface area contributed by atoms with Crippen LogP contribution in [0.5, 0.6) is 0 Å². The molecule has 1 N–H and O–H groups in total. The molecule has 5 nitrogen and oxygen atoms in total. The second-order valence-corrected chi connectivity index (χ2v) is 6.85. The van der Waals surface area contributed by atoms with Crippen molar-refractivity contribution in [1.82, 2.24) is 0 Å². The summed E-state index contributed by atoms with van der Waals surface area (Å²) in [6.45, 7) is 10.0. The lowest BCUT2D eigenvalue weighted by Gasteiger charge is -2.36. The van der Waals surface area contributed by atoms with Crippen molar-refractivity contribution in [3.8, 4) is 0 Å². The van der Waals surface area contributed by atoms with E-state index in [2.05, 4.69) is 32.3 Å². The topological polar surface area (TPSA) is 74.7 Å². The van der Waals surface area contributed by atoms with Crippen LogP contribution in [0.25, 0.3) is 4.98 Å². The fourth-order valence-electron chi connectivity index (χ4n) is 3.19. The predicted octanol–water partition coefficient (Wildman–Crippen LogP) is 4.97. The Morgan fingerprint density at radius 2 is 2.17 bits per heavy atom. The zero-order valence-electron chi connectivity index (χ0n) is 14.5. The molecule has 128 valence electrons. The number of esters is 1. The van der Waals surface area contributed by atoms with Crippen LogP contribution < -0.4 is 0 Å². The summed E-state index contributed by atoms with van der Waals surface area (Å²) in [4.78, 5) is 15.2. The summed E-state index contributed by atoms with van der Waals surface area (Å²) in [6.07, 6.45) is 6.12. The van der Waals surface area contributed by atoms with Crippen LogP contribution >= 0.6 is 0 Å². The first-order valence-corrected chi connectivity index (χ1v) is 8.49. The lowest BCUT2D eigenvalue weighted by molar-refractivity contribution is -0.150. The van der Waals surface area contributed by atoms with Crippen LogP contribution in [-0.4, -0.2) is 17.2 Å². The molecule has 0 aromatic heterocycles. The molecule has 1 rings (SSSR count). The first kappa shape index (κ1) is 19.2. The minimum absolute atomic E-state index is 0.191. The smallest absolute Gasteiger partial charge is 0.505 e. The van der Waals surface area contributed by atoms with Gasteiger partial charge in [-0.05, 0) is 43.4 Å². The van der Waals surface area contributed by atoms with Crippen molar-refractivity contribution in [2.75, 3.05) is 0 Å². The van der Waals surface area contributed by atoms with Crippen molar-refractivity contribution >= 4 is 5.97 Å². The maximum Gasteiger partial charge on any atom is 0.505 e. The monoisotopic (exact) mass is 321 g/mol. The SMILES string of the molecule is C=CCCC/C(O)=C(\[N+]#N)C(=O)O[C@H]1C[C@H](C)CC[C@H]1C(C)C. The largest absolute Gasteiger partial charge is 0.505 e. The molecule has 0 amide bonds. The van der Waals surface area contributed by atoms with Gasteiger partial charge in [-0.25, -0.2) is 4.79 Å². The van der Waals surface area contributed by atoms with Gasteiger partial charge >= 0.3 is 11.7 Å². The van der Waals surface area contributed by atoms with E-state index in [-0.39, 0.29) is 24.0 Å². The number of carbonyl (C=O) groups excluding carboxylic acids is 1. The van der Waals surface area contributed by atoms with Gasteiger partial charge in [0.25, 0.3) is 0 Å². The number of ether oxygens (including phenoxy) is 1. The Kier molecular flexibility index (Phi) is 7.80. The number of carbonyl (C=O) groups is 1. The summed E-state index contributed by atoms with van der Waals surface area (Å²) >= 11 is 0. The second kappa shape index (κ2) is 9.34. The third kappa shape index (κ3) is 5.70. The molecule has 0 aliphatic heterocycles. The molecule has 1 aliphatic carbocycles. The maximum absolute atomic E-state index is 12.3. The van der Waals surface area contributed by atoms with E-state index in [1.807, 2.05) is 0 Å². The van der Waals surface area contributed by atoms with Crippen LogP contribution in [0, 0.1) is 23.1 Å². The Balaban J connectivity index is 2.79. The summed E-state index contributed by atoms with van der Waals surface area (Å²) in [7, 11) is 0. The van der Waals surface area contributed by atoms with Crippen molar-refractivity contribution in [3.63, 3.8) is 0 Å². The molecule has 0 spiro atoms. The number of aliphatic hydroxyl groups excluding tert-OH is 1. The van der Waals surface area contributed by atoms with Gasteiger partial charge in [-0.2, -0.15) is 0 Å². The number of diazo groups is 1. The fourth-order valence-corrected chi connectivity index (χ4v) is 3.19. The first-order chi connectivity index (χ1) is 10.9. The van der Waals surface area contributed by atoms with Gasteiger partial charge in [0.05, 0.1) is 0 Å². The maximum atomic E-state index is 12.3. The molecular formula is C18H29N2O3+. The average Bonchev–Trinajstić information content (AvgIpc) is 2.48. The highest BCUT2D eigenvalue weighted by molar-refractivity contribution is 5.90. The summed E-state index contributed by atoms with van der Waals surface area (Å²) in [5.74, 6) is 0.248. The third-order valence-electron chi connectivity index (χ3n) is 4.61. The number of rotatable bonds is 7. The van der Waals surface area contributed by atoms with Crippen LogP contribution in [0.3, 0.4) is 0 Å². The Morgan fingerprint density at radius 3 is 2.74 bits per heavy atom. The van der Waals surface area contributed by atoms with Crippen LogP contribution in [0.15, 0.2) is 24.1 Å². The Bertz CT molecular complexity index is 491. The zero-order chi connectivity index (χ0) is 17.4. The van der Waals surface area contributed by atoms with E-state index in [1.165, 1.54) is 0 Å². The molecule has 0 unspecified atom stereocenters. The number of allylic oxidation sites excluding steroid dienone is 2. The minimum atomic E-state index is -0.742. The van der Waals surface area contributed by atoms with E-state index in [0.29, 0.717) is 30.6 Å². The summed E-state index contributed by atoms with van der Waals surface area (Å²) in [5, 5.41) is 19.0. The molecule has 5 heteroatoms. The molecule has 23 heavy (non-hydrogen) atoms. The quantitative estimate of drug-likeness (QED) is 0.179. The van der Waals surface area contributed by atoms with Crippen molar-refractivity contribution in [2.24, 2.45) is 17.8 Å². The van der Waals surface area contributed by atoms with E-state index in [9.17, 15) is 9.90 Å². The molecule has 3 atom stereocenters. The number of aliphatic hydroxyl groups is 1.